The Morgan fingerprint density at radius 1 is 1.15 bits per heavy atom. The molecule has 0 aliphatic heterocycles. The number of ether oxygens (including phenoxy) is 1. The molecule has 0 aliphatic carbocycles. The largest absolute Gasteiger partial charge is 0.462 e. The van der Waals surface area contributed by atoms with Gasteiger partial charge in [0, 0.05) is 24.1 Å². The quantitative estimate of drug-likeness (QED) is 0.245. The second-order valence-corrected chi connectivity index (χ2v) is 8.09. The molecule has 0 radical (unpaired) electrons. The summed E-state index contributed by atoms with van der Waals surface area (Å²) in [5, 5.41) is 4.65. The first kappa shape index (κ1) is 24.8. The molecule has 0 spiro atoms. The standard InChI is InChI=1S/C25H24FN3O4S/c1-3-4-15-33-24(32)18-9-11-19(12-10-18)27-23(31)14-13-20-16-34-25(28-20)29(17(2)30)22-8-6-5-7-21(22)26/h5-14,16H,3-4,15H2,1-2H3,(H,27,31)/b14-13+. The van der Waals surface area contributed by atoms with Crippen LogP contribution in [0.3, 0.4) is 0 Å². The summed E-state index contributed by atoms with van der Waals surface area (Å²) < 4.78 is 19.3. The molecular weight excluding hydrogens is 457 g/mol. The number of esters is 1. The summed E-state index contributed by atoms with van der Waals surface area (Å²) in [4.78, 5) is 41.8. The Balaban J connectivity index is 1.62. The normalized spacial score (nSPS) is 10.8. The molecule has 0 fully saturated rings. The average Bonchev–Trinajstić information content (AvgIpc) is 3.28. The molecule has 3 rings (SSSR count). The lowest BCUT2D eigenvalue weighted by Crippen LogP contribution is -2.23. The van der Waals surface area contributed by atoms with Crippen molar-refractivity contribution in [3.63, 3.8) is 0 Å². The summed E-state index contributed by atoms with van der Waals surface area (Å²) in [5.41, 5.74) is 1.48. The third-order valence-corrected chi connectivity index (χ3v) is 5.48. The van der Waals surface area contributed by atoms with Gasteiger partial charge in [-0.1, -0.05) is 25.5 Å². The molecule has 7 nitrogen and oxygen atoms in total. The monoisotopic (exact) mass is 481 g/mol. The highest BCUT2D eigenvalue weighted by Crippen LogP contribution is 2.31. The molecule has 0 atom stereocenters. The molecule has 3 aromatic rings. The van der Waals surface area contributed by atoms with Gasteiger partial charge in [-0.3, -0.25) is 14.5 Å². The van der Waals surface area contributed by atoms with E-state index in [2.05, 4.69) is 10.3 Å². The van der Waals surface area contributed by atoms with Crippen LogP contribution in [0.5, 0.6) is 0 Å². The number of nitrogens with zero attached hydrogens (tertiary/aromatic N) is 2. The van der Waals surface area contributed by atoms with Crippen LogP contribution in [0.1, 0.15) is 42.7 Å². The SMILES string of the molecule is CCCCOC(=O)c1ccc(NC(=O)/C=C/c2csc(N(C(C)=O)c3ccccc3F)n2)cc1. The van der Waals surface area contributed by atoms with E-state index in [1.807, 2.05) is 6.92 Å². The molecule has 0 bridgehead atoms. The molecule has 34 heavy (non-hydrogen) atoms. The number of amides is 2. The van der Waals surface area contributed by atoms with Gasteiger partial charge < -0.3 is 10.1 Å². The number of hydrogen-bond donors (Lipinski definition) is 1. The van der Waals surface area contributed by atoms with Crippen molar-refractivity contribution in [1.82, 2.24) is 4.98 Å². The molecular formula is C25H24FN3O4S. The second-order valence-electron chi connectivity index (χ2n) is 7.25. The molecule has 1 N–H and O–H groups in total. The number of carbonyl (C=O) groups is 3. The van der Waals surface area contributed by atoms with Crippen LogP contribution in [0.15, 0.2) is 60.0 Å². The van der Waals surface area contributed by atoms with Crippen LogP contribution in [0.4, 0.5) is 20.9 Å². The predicted octanol–water partition coefficient (Wildman–Crippen LogP) is 5.58. The maximum atomic E-state index is 14.2. The number of nitrogens with one attached hydrogen (secondary N) is 1. The van der Waals surface area contributed by atoms with E-state index in [4.69, 9.17) is 4.74 Å². The number of unbranched alkanes of at least 4 members (excludes halogenated alkanes) is 1. The Bertz CT molecular complexity index is 1190. The summed E-state index contributed by atoms with van der Waals surface area (Å²) in [5.74, 6) is -1.72. The van der Waals surface area contributed by atoms with Crippen LogP contribution in [0.25, 0.3) is 6.08 Å². The third-order valence-electron chi connectivity index (χ3n) is 4.63. The fraction of sp³-hybridized carbons (Fsp3) is 0.200. The molecule has 9 heteroatoms. The molecule has 2 aromatic carbocycles. The zero-order chi connectivity index (χ0) is 24.5. The van der Waals surface area contributed by atoms with Crippen molar-refractivity contribution in [3.8, 4) is 0 Å². The van der Waals surface area contributed by atoms with E-state index < -0.39 is 17.7 Å². The molecule has 176 valence electrons. The van der Waals surface area contributed by atoms with Crippen LogP contribution < -0.4 is 10.2 Å². The van der Waals surface area contributed by atoms with Crippen molar-refractivity contribution in [3.05, 3.63) is 77.1 Å². The van der Waals surface area contributed by atoms with E-state index in [0.29, 0.717) is 28.7 Å². The number of aromatic nitrogens is 1. The number of hydrogen-bond acceptors (Lipinski definition) is 6. The molecule has 2 amide bonds. The summed E-state index contributed by atoms with van der Waals surface area (Å²) in [6.07, 6.45) is 4.54. The van der Waals surface area contributed by atoms with Gasteiger partial charge >= 0.3 is 5.97 Å². The summed E-state index contributed by atoms with van der Waals surface area (Å²) in [7, 11) is 0. The van der Waals surface area contributed by atoms with Gasteiger partial charge in [0.25, 0.3) is 0 Å². The molecule has 0 aliphatic rings. The molecule has 1 aromatic heterocycles. The van der Waals surface area contributed by atoms with Gasteiger partial charge in [0.1, 0.15) is 5.82 Å². The van der Waals surface area contributed by atoms with Gasteiger partial charge in [0.15, 0.2) is 5.13 Å². The van der Waals surface area contributed by atoms with Gasteiger partial charge in [-0.2, -0.15) is 0 Å². The first-order chi connectivity index (χ1) is 16.4. The smallest absolute Gasteiger partial charge is 0.338 e. The van der Waals surface area contributed by atoms with Gasteiger partial charge in [-0.25, -0.2) is 14.2 Å². The van der Waals surface area contributed by atoms with Crippen molar-refractivity contribution in [2.24, 2.45) is 0 Å². The Morgan fingerprint density at radius 2 is 1.88 bits per heavy atom. The fourth-order valence-corrected chi connectivity index (χ4v) is 3.77. The molecule has 0 unspecified atom stereocenters. The third kappa shape index (κ3) is 6.58. The van der Waals surface area contributed by atoms with E-state index in [1.165, 1.54) is 36.1 Å². The van der Waals surface area contributed by atoms with Crippen molar-refractivity contribution >= 4 is 51.7 Å². The highest BCUT2D eigenvalue weighted by atomic mass is 32.1. The topological polar surface area (TPSA) is 88.6 Å². The maximum Gasteiger partial charge on any atom is 0.338 e. The second kappa shape index (κ2) is 11.9. The van der Waals surface area contributed by atoms with Crippen LogP contribution in [-0.4, -0.2) is 29.4 Å². The van der Waals surface area contributed by atoms with Crippen molar-refractivity contribution in [2.45, 2.75) is 26.7 Å². The van der Waals surface area contributed by atoms with E-state index in [0.717, 1.165) is 24.2 Å². The zero-order valence-electron chi connectivity index (χ0n) is 18.8. The zero-order valence-corrected chi connectivity index (χ0v) is 19.6. The Labute approximate surface area is 200 Å². The maximum absolute atomic E-state index is 14.2. The lowest BCUT2D eigenvalue weighted by atomic mass is 10.2. The minimum atomic E-state index is -0.537. The first-order valence-electron chi connectivity index (χ1n) is 10.7. The number of halogens is 1. The van der Waals surface area contributed by atoms with Crippen molar-refractivity contribution in [1.29, 1.82) is 0 Å². The van der Waals surface area contributed by atoms with Gasteiger partial charge in [-0.05, 0) is 48.9 Å². The first-order valence-corrected chi connectivity index (χ1v) is 11.5. The average molecular weight is 482 g/mol. The minimum Gasteiger partial charge on any atom is -0.462 e. The van der Waals surface area contributed by atoms with Crippen molar-refractivity contribution < 1.29 is 23.5 Å². The van der Waals surface area contributed by atoms with E-state index >= 15 is 0 Å². The number of para-hydroxylation sites is 1. The summed E-state index contributed by atoms with van der Waals surface area (Å²) in [6, 6.07) is 12.3. The minimum absolute atomic E-state index is 0.107. The molecule has 1 heterocycles. The van der Waals surface area contributed by atoms with Crippen LogP contribution in [0.2, 0.25) is 0 Å². The van der Waals surface area contributed by atoms with Crippen LogP contribution in [0, 0.1) is 5.82 Å². The van der Waals surface area contributed by atoms with Crippen molar-refractivity contribution in [2.75, 3.05) is 16.8 Å². The van der Waals surface area contributed by atoms with Gasteiger partial charge in [0.2, 0.25) is 11.8 Å². The predicted molar refractivity (Wildman–Crippen MR) is 131 cm³/mol. The van der Waals surface area contributed by atoms with Crippen LogP contribution >= 0.6 is 11.3 Å². The Morgan fingerprint density at radius 3 is 2.56 bits per heavy atom. The lowest BCUT2D eigenvalue weighted by Gasteiger charge is -2.18. The van der Waals surface area contributed by atoms with Crippen LogP contribution in [-0.2, 0) is 14.3 Å². The highest BCUT2D eigenvalue weighted by molar-refractivity contribution is 7.14. The summed E-state index contributed by atoms with van der Waals surface area (Å²) in [6.45, 7) is 3.72. The fourth-order valence-electron chi connectivity index (χ4n) is 2.92. The van der Waals surface area contributed by atoms with E-state index in [1.54, 1.807) is 41.8 Å². The van der Waals surface area contributed by atoms with Gasteiger partial charge in [-0.15, -0.1) is 11.3 Å². The number of rotatable bonds is 9. The lowest BCUT2D eigenvalue weighted by molar-refractivity contribution is -0.116. The highest BCUT2D eigenvalue weighted by Gasteiger charge is 2.20. The number of carbonyl (C=O) groups excluding carboxylic acids is 3. The van der Waals surface area contributed by atoms with E-state index in [-0.39, 0.29) is 11.6 Å². The molecule has 0 saturated carbocycles. The number of thiazole rings is 1. The van der Waals surface area contributed by atoms with Gasteiger partial charge in [0.05, 0.1) is 23.6 Å². The number of anilines is 3. The van der Waals surface area contributed by atoms with E-state index in [9.17, 15) is 18.8 Å². The molecule has 0 saturated heterocycles. The Kier molecular flexibility index (Phi) is 8.64. The summed E-state index contributed by atoms with van der Waals surface area (Å²) >= 11 is 1.16. The Hall–Kier alpha value is -3.85. The number of benzene rings is 2.